The maximum atomic E-state index is 11.6. The molecule has 0 saturated carbocycles. The molecule has 0 spiro atoms. The van der Waals surface area contributed by atoms with Gasteiger partial charge in [-0.2, -0.15) is 0 Å². The van der Waals surface area contributed by atoms with Crippen LogP contribution < -0.4 is 5.32 Å². The lowest BCUT2D eigenvalue weighted by molar-refractivity contribution is -0.149. The molecule has 5 nitrogen and oxygen atoms in total. The molecular weight excluding hydrogens is 182 g/mol. The average Bonchev–Trinajstić information content (AvgIpc) is 2.29. The number of fused-ring (bicyclic) bond motifs is 1. The molecule has 0 bridgehead atoms. The molecular formula is C9H15N3O2. The highest BCUT2D eigenvalue weighted by Gasteiger charge is 2.34. The molecule has 2 aliphatic heterocycles. The minimum atomic E-state index is -0.136. The van der Waals surface area contributed by atoms with Gasteiger partial charge in [-0.25, -0.2) is 14.8 Å². The molecule has 2 heterocycles. The maximum absolute atomic E-state index is 11.6. The smallest absolute Gasteiger partial charge is 0.336 e. The minimum Gasteiger partial charge on any atom is -0.336 e. The quantitative estimate of drug-likeness (QED) is 0.608. The van der Waals surface area contributed by atoms with E-state index in [1.165, 1.54) is 0 Å². The number of rotatable bonds is 0. The number of amides is 3. The van der Waals surface area contributed by atoms with Crippen molar-refractivity contribution < 1.29 is 9.59 Å². The largest absolute Gasteiger partial charge is 0.336 e. The van der Waals surface area contributed by atoms with Gasteiger partial charge in [0.2, 0.25) is 5.91 Å². The van der Waals surface area contributed by atoms with Crippen LogP contribution in [0.25, 0.3) is 0 Å². The summed E-state index contributed by atoms with van der Waals surface area (Å²) in [6, 6.07) is -0.00569. The van der Waals surface area contributed by atoms with Gasteiger partial charge < -0.3 is 5.32 Å². The van der Waals surface area contributed by atoms with Gasteiger partial charge in [0.15, 0.2) is 0 Å². The van der Waals surface area contributed by atoms with Crippen LogP contribution in [0.2, 0.25) is 0 Å². The fourth-order valence-electron chi connectivity index (χ4n) is 2.05. The first-order chi connectivity index (χ1) is 6.70. The zero-order valence-electron chi connectivity index (χ0n) is 8.32. The highest BCUT2D eigenvalue weighted by molar-refractivity contribution is 5.84. The van der Waals surface area contributed by atoms with Crippen molar-refractivity contribution in [3.05, 3.63) is 0 Å². The molecule has 0 aliphatic carbocycles. The van der Waals surface area contributed by atoms with E-state index in [0.29, 0.717) is 19.5 Å². The van der Waals surface area contributed by atoms with E-state index in [0.717, 1.165) is 12.8 Å². The van der Waals surface area contributed by atoms with Gasteiger partial charge in [-0.1, -0.05) is 0 Å². The van der Waals surface area contributed by atoms with Crippen LogP contribution in [0, 0.1) is 0 Å². The van der Waals surface area contributed by atoms with Crippen molar-refractivity contribution in [1.82, 2.24) is 15.3 Å². The van der Waals surface area contributed by atoms with E-state index in [-0.39, 0.29) is 18.0 Å². The molecule has 2 rings (SSSR count). The summed E-state index contributed by atoms with van der Waals surface area (Å²) in [5.74, 6) is 0.0508. The van der Waals surface area contributed by atoms with Gasteiger partial charge in [0.25, 0.3) is 0 Å². The number of hydrazine groups is 1. The molecule has 0 radical (unpaired) electrons. The third-order valence-corrected chi connectivity index (χ3v) is 2.78. The van der Waals surface area contributed by atoms with Gasteiger partial charge >= 0.3 is 6.03 Å². The Kier molecular flexibility index (Phi) is 2.31. The molecule has 5 heteroatoms. The van der Waals surface area contributed by atoms with Gasteiger partial charge in [-0.15, -0.1) is 0 Å². The number of hydrogen-bond donors (Lipinski definition) is 1. The molecule has 1 atom stereocenters. The van der Waals surface area contributed by atoms with Crippen LogP contribution in [0.1, 0.15) is 26.2 Å². The van der Waals surface area contributed by atoms with Crippen LogP contribution in [-0.2, 0) is 4.79 Å². The molecule has 1 N–H and O–H groups in total. The third-order valence-electron chi connectivity index (χ3n) is 2.78. The Morgan fingerprint density at radius 1 is 1.43 bits per heavy atom. The van der Waals surface area contributed by atoms with Crippen molar-refractivity contribution in [3.8, 4) is 0 Å². The van der Waals surface area contributed by atoms with Crippen molar-refractivity contribution in [3.63, 3.8) is 0 Å². The molecule has 2 saturated heterocycles. The highest BCUT2D eigenvalue weighted by Crippen LogP contribution is 2.20. The van der Waals surface area contributed by atoms with Gasteiger partial charge in [0.1, 0.15) is 0 Å². The number of hydrogen-bond acceptors (Lipinski definition) is 2. The Bertz CT molecular complexity index is 267. The topological polar surface area (TPSA) is 52.7 Å². The molecule has 3 amide bonds. The Balaban J connectivity index is 2.24. The van der Waals surface area contributed by atoms with Crippen molar-refractivity contribution in [1.29, 1.82) is 0 Å². The lowest BCUT2D eigenvalue weighted by atomic mass is 10.1. The lowest BCUT2D eigenvalue weighted by Gasteiger charge is -2.41. The Hall–Kier alpha value is -1.26. The first-order valence-corrected chi connectivity index (χ1v) is 5.07. The van der Waals surface area contributed by atoms with Crippen molar-refractivity contribution in [2.24, 2.45) is 0 Å². The van der Waals surface area contributed by atoms with Gasteiger partial charge in [-0.05, 0) is 19.8 Å². The number of urea groups is 1. The maximum Gasteiger partial charge on any atom is 0.336 e. The molecule has 78 valence electrons. The second-order valence-corrected chi connectivity index (χ2v) is 3.83. The fourth-order valence-corrected chi connectivity index (χ4v) is 2.05. The summed E-state index contributed by atoms with van der Waals surface area (Å²) in [4.78, 5) is 23.3. The van der Waals surface area contributed by atoms with Crippen molar-refractivity contribution in [2.45, 2.75) is 32.2 Å². The molecule has 2 fully saturated rings. The van der Waals surface area contributed by atoms with E-state index in [1.807, 2.05) is 6.92 Å². The summed E-state index contributed by atoms with van der Waals surface area (Å²) < 4.78 is 0. The van der Waals surface area contributed by atoms with E-state index in [9.17, 15) is 9.59 Å². The van der Waals surface area contributed by atoms with Crippen molar-refractivity contribution in [2.75, 3.05) is 13.1 Å². The van der Waals surface area contributed by atoms with E-state index >= 15 is 0 Å². The molecule has 1 unspecified atom stereocenters. The molecule has 0 aromatic heterocycles. The number of carbonyl (C=O) groups is 2. The van der Waals surface area contributed by atoms with Crippen LogP contribution in [0.3, 0.4) is 0 Å². The van der Waals surface area contributed by atoms with Gasteiger partial charge in [-0.3, -0.25) is 4.79 Å². The number of nitrogens with zero attached hydrogens (tertiary/aromatic N) is 2. The van der Waals surface area contributed by atoms with Crippen LogP contribution in [0.5, 0.6) is 0 Å². The van der Waals surface area contributed by atoms with Crippen molar-refractivity contribution >= 4 is 11.9 Å². The highest BCUT2D eigenvalue weighted by atomic mass is 16.2. The molecule has 14 heavy (non-hydrogen) atoms. The molecule has 0 aromatic carbocycles. The third kappa shape index (κ3) is 1.42. The standard InChI is InChI=1S/C9H15N3O2/c1-7-3-2-6-11-8(13)4-5-10-9(14)12(7)11/h7H,2-6H2,1H3,(H,10,14). The van der Waals surface area contributed by atoms with E-state index in [4.69, 9.17) is 0 Å². The summed E-state index contributed by atoms with van der Waals surface area (Å²) in [6.45, 7) is 3.11. The Morgan fingerprint density at radius 2 is 2.21 bits per heavy atom. The Labute approximate surface area is 83.0 Å². The Morgan fingerprint density at radius 3 is 3.00 bits per heavy atom. The van der Waals surface area contributed by atoms with E-state index < -0.39 is 0 Å². The monoisotopic (exact) mass is 197 g/mol. The average molecular weight is 197 g/mol. The van der Waals surface area contributed by atoms with Crippen LogP contribution in [-0.4, -0.2) is 41.1 Å². The first kappa shape index (κ1) is 9.30. The molecule has 2 aliphatic rings. The van der Waals surface area contributed by atoms with Gasteiger partial charge in [0, 0.05) is 19.5 Å². The lowest BCUT2D eigenvalue weighted by Crippen LogP contribution is -2.57. The summed E-state index contributed by atoms with van der Waals surface area (Å²) in [5, 5.41) is 5.89. The zero-order valence-corrected chi connectivity index (χ0v) is 8.32. The van der Waals surface area contributed by atoms with Crippen LogP contribution >= 0.6 is 0 Å². The van der Waals surface area contributed by atoms with Crippen LogP contribution in [0.4, 0.5) is 4.79 Å². The molecule has 0 aromatic rings. The van der Waals surface area contributed by atoms with E-state index in [2.05, 4.69) is 5.32 Å². The predicted octanol–water partition coefficient (Wildman–Crippen LogP) is 0.328. The number of carbonyl (C=O) groups excluding carboxylic acids is 2. The summed E-state index contributed by atoms with van der Waals surface area (Å²) in [7, 11) is 0. The SMILES string of the molecule is CC1CCCN2C(=O)CCNC(=O)N12. The second-order valence-electron chi connectivity index (χ2n) is 3.83. The predicted molar refractivity (Wildman–Crippen MR) is 50.3 cm³/mol. The normalized spacial score (nSPS) is 28.2. The van der Waals surface area contributed by atoms with Gasteiger partial charge in [0.05, 0.1) is 6.04 Å². The zero-order chi connectivity index (χ0) is 10.1. The number of nitrogens with one attached hydrogen (secondary N) is 1. The summed E-state index contributed by atoms with van der Waals surface area (Å²) >= 11 is 0. The van der Waals surface area contributed by atoms with Crippen LogP contribution in [0.15, 0.2) is 0 Å². The summed E-state index contributed by atoms with van der Waals surface area (Å²) in [6.07, 6.45) is 2.36. The summed E-state index contributed by atoms with van der Waals surface area (Å²) in [5.41, 5.74) is 0. The fraction of sp³-hybridized carbons (Fsp3) is 0.778. The first-order valence-electron chi connectivity index (χ1n) is 5.07. The minimum absolute atomic E-state index is 0.0508. The van der Waals surface area contributed by atoms with E-state index in [1.54, 1.807) is 10.0 Å². The second kappa shape index (κ2) is 3.48.